The molecule has 0 atom stereocenters. The Morgan fingerprint density at radius 1 is 1.12 bits per heavy atom. The zero-order valence-electron chi connectivity index (χ0n) is 14.7. The average Bonchev–Trinajstić information content (AvgIpc) is 3.22. The fraction of sp³-hybridized carbons (Fsp3) is 0.389. The van der Waals surface area contributed by atoms with Crippen molar-refractivity contribution in [3.8, 4) is 0 Å². The van der Waals surface area contributed by atoms with E-state index in [0.717, 1.165) is 18.4 Å². The predicted octanol–water partition coefficient (Wildman–Crippen LogP) is 2.48. The maximum absolute atomic E-state index is 12.8. The van der Waals surface area contributed by atoms with Crippen LogP contribution in [0.3, 0.4) is 0 Å². The van der Waals surface area contributed by atoms with Crippen molar-refractivity contribution in [3.63, 3.8) is 0 Å². The number of aryl methyl sites for hydroxylation is 2. The molecule has 0 unspecified atom stereocenters. The number of furan rings is 1. The van der Waals surface area contributed by atoms with Crippen molar-refractivity contribution in [2.75, 3.05) is 0 Å². The topological polar surface area (TPSA) is 75.0 Å². The van der Waals surface area contributed by atoms with Gasteiger partial charge in [0.25, 0.3) is 5.56 Å². The molecule has 0 amide bonds. The van der Waals surface area contributed by atoms with Crippen LogP contribution in [0, 0.1) is 0 Å². The van der Waals surface area contributed by atoms with Gasteiger partial charge in [-0.15, -0.1) is 0 Å². The first-order valence-corrected chi connectivity index (χ1v) is 8.48. The summed E-state index contributed by atoms with van der Waals surface area (Å²) in [7, 11) is 1.79. The SMILES string of the molecule is CCCn1c(=O)c2c(nc(/C=C/c3ccoc3)n2C)n(CCC)c1=O. The van der Waals surface area contributed by atoms with E-state index in [2.05, 4.69) is 4.98 Å². The highest BCUT2D eigenvalue weighted by molar-refractivity contribution is 5.76. The summed E-state index contributed by atoms with van der Waals surface area (Å²) in [6.45, 7) is 4.88. The molecule has 3 rings (SSSR count). The molecular formula is C18H22N4O3. The summed E-state index contributed by atoms with van der Waals surface area (Å²) in [6.07, 6.45) is 8.40. The van der Waals surface area contributed by atoms with Gasteiger partial charge in [-0.3, -0.25) is 13.9 Å². The Kier molecular flexibility index (Phi) is 4.74. The average molecular weight is 342 g/mol. The minimum absolute atomic E-state index is 0.285. The van der Waals surface area contributed by atoms with E-state index in [1.165, 1.54) is 4.57 Å². The minimum Gasteiger partial charge on any atom is -0.472 e. The van der Waals surface area contributed by atoms with Crippen LogP contribution in [0.2, 0.25) is 0 Å². The van der Waals surface area contributed by atoms with Crippen LogP contribution in [0.4, 0.5) is 0 Å². The van der Waals surface area contributed by atoms with Gasteiger partial charge in [-0.2, -0.15) is 0 Å². The molecule has 0 radical (unpaired) electrons. The van der Waals surface area contributed by atoms with Gasteiger partial charge in [-0.25, -0.2) is 9.78 Å². The molecule has 0 bridgehead atoms. The van der Waals surface area contributed by atoms with E-state index in [0.29, 0.717) is 30.1 Å². The summed E-state index contributed by atoms with van der Waals surface area (Å²) in [6, 6.07) is 1.83. The lowest BCUT2D eigenvalue weighted by atomic mass is 10.3. The lowest BCUT2D eigenvalue weighted by molar-refractivity contribution is 0.554. The molecule has 0 aromatic carbocycles. The first-order chi connectivity index (χ1) is 12.1. The van der Waals surface area contributed by atoms with Crippen molar-refractivity contribution >= 4 is 23.3 Å². The summed E-state index contributed by atoms with van der Waals surface area (Å²) in [5, 5.41) is 0. The van der Waals surface area contributed by atoms with E-state index in [9.17, 15) is 9.59 Å². The fourth-order valence-corrected chi connectivity index (χ4v) is 2.91. The van der Waals surface area contributed by atoms with E-state index < -0.39 is 0 Å². The van der Waals surface area contributed by atoms with E-state index in [-0.39, 0.29) is 11.2 Å². The van der Waals surface area contributed by atoms with Crippen molar-refractivity contribution in [2.24, 2.45) is 7.05 Å². The predicted molar refractivity (Wildman–Crippen MR) is 97.5 cm³/mol. The lowest BCUT2D eigenvalue weighted by Gasteiger charge is -2.10. The van der Waals surface area contributed by atoms with E-state index in [1.807, 2.05) is 32.1 Å². The van der Waals surface area contributed by atoms with Crippen molar-refractivity contribution in [2.45, 2.75) is 39.8 Å². The van der Waals surface area contributed by atoms with Gasteiger partial charge in [0.2, 0.25) is 0 Å². The molecule has 0 spiro atoms. The standard InChI is InChI=1S/C18H22N4O3/c1-4-9-21-16-15(17(23)22(10-5-2)18(21)24)20(3)14(19-16)7-6-13-8-11-25-12-13/h6-8,11-12H,4-5,9-10H2,1-3H3/b7-6+. The highest BCUT2D eigenvalue weighted by Gasteiger charge is 2.18. The summed E-state index contributed by atoms with van der Waals surface area (Å²) in [5.74, 6) is 0.617. The molecular weight excluding hydrogens is 320 g/mol. The number of aromatic nitrogens is 4. The summed E-state index contributed by atoms with van der Waals surface area (Å²) >= 11 is 0. The van der Waals surface area contributed by atoms with Gasteiger partial charge in [0, 0.05) is 25.7 Å². The third-order valence-corrected chi connectivity index (χ3v) is 4.14. The van der Waals surface area contributed by atoms with Crippen molar-refractivity contribution in [1.29, 1.82) is 0 Å². The molecule has 0 aliphatic carbocycles. The Hall–Kier alpha value is -2.83. The molecule has 25 heavy (non-hydrogen) atoms. The third kappa shape index (κ3) is 2.97. The van der Waals surface area contributed by atoms with E-state index in [1.54, 1.807) is 28.7 Å². The van der Waals surface area contributed by atoms with Crippen LogP contribution in [0.5, 0.6) is 0 Å². The number of nitrogens with zero attached hydrogens (tertiary/aromatic N) is 4. The number of fused-ring (bicyclic) bond motifs is 1. The Balaban J connectivity index is 2.25. The molecule has 0 saturated heterocycles. The lowest BCUT2D eigenvalue weighted by Crippen LogP contribution is -2.40. The molecule has 0 N–H and O–H groups in total. The van der Waals surface area contributed by atoms with Gasteiger partial charge in [-0.05, 0) is 31.1 Å². The monoisotopic (exact) mass is 342 g/mol. The van der Waals surface area contributed by atoms with Crippen LogP contribution in [0.15, 0.2) is 32.6 Å². The van der Waals surface area contributed by atoms with Crippen molar-refractivity contribution in [1.82, 2.24) is 18.7 Å². The molecule has 0 fully saturated rings. The number of hydrogen-bond donors (Lipinski definition) is 0. The second kappa shape index (κ2) is 6.96. The highest BCUT2D eigenvalue weighted by atomic mass is 16.3. The molecule has 3 heterocycles. The Morgan fingerprint density at radius 3 is 2.48 bits per heavy atom. The molecule has 7 heteroatoms. The highest BCUT2D eigenvalue weighted by Crippen LogP contribution is 2.14. The molecule has 132 valence electrons. The number of hydrogen-bond acceptors (Lipinski definition) is 4. The Bertz CT molecular complexity index is 1020. The number of imidazole rings is 1. The Labute approximate surface area is 144 Å². The van der Waals surface area contributed by atoms with Crippen LogP contribution < -0.4 is 11.2 Å². The zero-order chi connectivity index (χ0) is 18.0. The fourth-order valence-electron chi connectivity index (χ4n) is 2.91. The van der Waals surface area contributed by atoms with Crippen molar-refractivity contribution < 1.29 is 4.42 Å². The molecule has 0 aliphatic heterocycles. The first-order valence-electron chi connectivity index (χ1n) is 8.48. The maximum Gasteiger partial charge on any atom is 0.332 e. The summed E-state index contributed by atoms with van der Waals surface area (Å²) in [4.78, 5) is 30.1. The molecule has 7 nitrogen and oxygen atoms in total. The molecule has 3 aromatic heterocycles. The second-order valence-electron chi connectivity index (χ2n) is 5.98. The van der Waals surface area contributed by atoms with Gasteiger partial charge < -0.3 is 8.98 Å². The van der Waals surface area contributed by atoms with E-state index >= 15 is 0 Å². The van der Waals surface area contributed by atoms with Crippen LogP contribution in [0.25, 0.3) is 23.3 Å². The largest absolute Gasteiger partial charge is 0.472 e. The van der Waals surface area contributed by atoms with Crippen LogP contribution in [-0.4, -0.2) is 18.7 Å². The van der Waals surface area contributed by atoms with Gasteiger partial charge in [0.1, 0.15) is 5.82 Å². The second-order valence-corrected chi connectivity index (χ2v) is 5.98. The molecule has 0 aliphatic rings. The van der Waals surface area contributed by atoms with Gasteiger partial charge in [0.15, 0.2) is 11.2 Å². The van der Waals surface area contributed by atoms with Crippen LogP contribution >= 0.6 is 0 Å². The normalized spacial score (nSPS) is 11.8. The maximum atomic E-state index is 12.8. The van der Waals surface area contributed by atoms with E-state index in [4.69, 9.17) is 4.42 Å². The zero-order valence-corrected chi connectivity index (χ0v) is 14.7. The molecule has 0 saturated carbocycles. The Morgan fingerprint density at radius 2 is 1.84 bits per heavy atom. The van der Waals surface area contributed by atoms with Gasteiger partial charge in [-0.1, -0.05) is 13.8 Å². The summed E-state index contributed by atoms with van der Waals surface area (Å²) < 4.78 is 9.69. The minimum atomic E-state index is -0.287. The first kappa shape index (κ1) is 17.0. The third-order valence-electron chi connectivity index (χ3n) is 4.14. The quantitative estimate of drug-likeness (QED) is 0.690. The van der Waals surface area contributed by atoms with Crippen molar-refractivity contribution in [3.05, 3.63) is 50.8 Å². The van der Waals surface area contributed by atoms with Crippen LogP contribution in [-0.2, 0) is 20.1 Å². The summed E-state index contributed by atoms with van der Waals surface area (Å²) in [5.41, 5.74) is 1.23. The van der Waals surface area contributed by atoms with Crippen LogP contribution in [0.1, 0.15) is 38.1 Å². The van der Waals surface area contributed by atoms with Gasteiger partial charge in [0.05, 0.1) is 12.5 Å². The molecule has 3 aromatic rings. The number of rotatable bonds is 6. The van der Waals surface area contributed by atoms with Gasteiger partial charge >= 0.3 is 5.69 Å². The smallest absolute Gasteiger partial charge is 0.332 e.